The van der Waals surface area contributed by atoms with Crippen molar-refractivity contribution in [2.24, 2.45) is 17.8 Å². The van der Waals surface area contributed by atoms with Crippen LogP contribution in [0.4, 0.5) is 0 Å². The lowest BCUT2D eigenvalue weighted by atomic mass is 9.82. The summed E-state index contributed by atoms with van der Waals surface area (Å²) in [6, 6.07) is 0. The van der Waals surface area contributed by atoms with Crippen LogP contribution < -0.4 is 0 Å². The fraction of sp³-hybridized carbons (Fsp3) is 0.909. The highest BCUT2D eigenvalue weighted by atomic mass is 16.5. The van der Waals surface area contributed by atoms with Gasteiger partial charge in [-0.25, -0.2) is 0 Å². The lowest BCUT2D eigenvalue weighted by Crippen LogP contribution is -2.16. The molecule has 0 amide bonds. The van der Waals surface area contributed by atoms with Crippen LogP contribution in [0.1, 0.15) is 40.5 Å². The van der Waals surface area contributed by atoms with Gasteiger partial charge in [-0.3, -0.25) is 4.79 Å². The zero-order valence-corrected chi connectivity index (χ0v) is 9.25. The predicted molar refractivity (Wildman–Crippen MR) is 54.4 cm³/mol. The molecule has 2 heteroatoms. The standard InChI is InChI=1S/C11H22O2/c1-9(2)11(10(3)4)6-5-7-13-8-12/h8-11H,5-7H2,1-4H3. The zero-order chi connectivity index (χ0) is 10.3. The molecule has 0 aromatic carbocycles. The first-order valence-electron chi connectivity index (χ1n) is 5.14. The van der Waals surface area contributed by atoms with E-state index in [0.717, 1.165) is 30.6 Å². The third kappa shape index (κ3) is 5.67. The summed E-state index contributed by atoms with van der Waals surface area (Å²) in [5.74, 6) is 2.18. The van der Waals surface area contributed by atoms with Crippen LogP contribution in [0.25, 0.3) is 0 Å². The quantitative estimate of drug-likeness (QED) is 0.451. The molecule has 2 nitrogen and oxygen atoms in total. The molecule has 0 aliphatic rings. The molecule has 0 aromatic rings. The Morgan fingerprint density at radius 1 is 1.15 bits per heavy atom. The highest BCUT2D eigenvalue weighted by Crippen LogP contribution is 2.25. The van der Waals surface area contributed by atoms with E-state index in [9.17, 15) is 4.79 Å². The van der Waals surface area contributed by atoms with E-state index in [1.165, 1.54) is 0 Å². The van der Waals surface area contributed by atoms with Gasteiger partial charge in [-0.05, 0) is 30.6 Å². The Hall–Kier alpha value is -0.530. The van der Waals surface area contributed by atoms with Crippen LogP contribution in [0.15, 0.2) is 0 Å². The van der Waals surface area contributed by atoms with E-state index in [0.29, 0.717) is 13.1 Å². The average molecular weight is 186 g/mol. The van der Waals surface area contributed by atoms with Crippen LogP contribution in [0.3, 0.4) is 0 Å². The maximum Gasteiger partial charge on any atom is 0.293 e. The molecular weight excluding hydrogens is 164 g/mol. The highest BCUT2D eigenvalue weighted by Gasteiger charge is 2.16. The van der Waals surface area contributed by atoms with Gasteiger partial charge in [0.2, 0.25) is 0 Å². The SMILES string of the molecule is CC(C)C(CCCOC=O)C(C)C. The molecule has 0 aliphatic heterocycles. The smallest absolute Gasteiger partial charge is 0.293 e. The van der Waals surface area contributed by atoms with Crippen molar-refractivity contribution < 1.29 is 9.53 Å². The van der Waals surface area contributed by atoms with E-state index >= 15 is 0 Å². The van der Waals surface area contributed by atoms with E-state index in [-0.39, 0.29) is 0 Å². The number of hydrogen-bond donors (Lipinski definition) is 0. The summed E-state index contributed by atoms with van der Waals surface area (Å²) in [6.45, 7) is 10.1. The fourth-order valence-electron chi connectivity index (χ4n) is 1.89. The van der Waals surface area contributed by atoms with E-state index in [2.05, 4.69) is 32.4 Å². The third-order valence-electron chi connectivity index (χ3n) is 2.58. The lowest BCUT2D eigenvalue weighted by Gasteiger charge is -2.24. The molecule has 0 aromatic heterocycles. The zero-order valence-electron chi connectivity index (χ0n) is 9.25. The molecule has 0 N–H and O–H groups in total. The van der Waals surface area contributed by atoms with Crippen molar-refractivity contribution >= 4 is 6.47 Å². The molecule has 0 saturated heterocycles. The molecule has 0 saturated carbocycles. The van der Waals surface area contributed by atoms with Gasteiger partial charge < -0.3 is 4.74 Å². The molecular formula is C11H22O2. The van der Waals surface area contributed by atoms with Crippen LogP contribution in [0.2, 0.25) is 0 Å². The van der Waals surface area contributed by atoms with Gasteiger partial charge in [0, 0.05) is 0 Å². The molecule has 0 bridgehead atoms. The minimum Gasteiger partial charge on any atom is -0.468 e. The second-order valence-electron chi connectivity index (χ2n) is 4.26. The summed E-state index contributed by atoms with van der Waals surface area (Å²) < 4.78 is 4.66. The summed E-state index contributed by atoms with van der Waals surface area (Å²) in [4.78, 5) is 9.90. The van der Waals surface area contributed by atoms with Crippen molar-refractivity contribution in [3.05, 3.63) is 0 Å². The van der Waals surface area contributed by atoms with Gasteiger partial charge in [-0.2, -0.15) is 0 Å². The minimum atomic E-state index is 0.528. The Morgan fingerprint density at radius 2 is 1.69 bits per heavy atom. The van der Waals surface area contributed by atoms with Crippen LogP contribution in [-0.4, -0.2) is 13.1 Å². The Morgan fingerprint density at radius 3 is 2.08 bits per heavy atom. The second-order valence-corrected chi connectivity index (χ2v) is 4.26. The maximum absolute atomic E-state index is 9.90. The topological polar surface area (TPSA) is 26.3 Å². The summed E-state index contributed by atoms with van der Waals surface area (Å²) >= 11 is 0. The first kappa shape index (κ1) is 12.5. The third-order valence-corrected chi connectivity index (χ3v) is 2.58. The number of ether oxygens (including phenoxy) is 1. The van der Waals surface area contributed by atoms with Gasteiger partial charge in [-0.1, -0.05) is 27.7 Å². The average Bonchev–Trinajstić information content (AvgIpc) is 2.02. The number of carbonyl (C=O) groups is 1. The molecule has 13 heavy (non-hydrogen) atoms. The monoisotopic (exact) mass is 186 g/mol. The molecule has 0 atom stereocenters. The number of hydrogen-bond acceptors (Lipinski definition) is 2. The lowest BCUT2D eigenvalue weighted by molar-refractivity contribution is -0.128. The van der Waals surface area contributed by atoms with Crippen LogP contribution in [0.5, 0.6) is 0 Å². The summed E-state index contributed by atoms with van der Waals surface area (Å²) in [5, 5.41) is 0. The summed E-state index contributed by atoms with van der Waals surface area (Å²) in [7, 11) is 0. The molecule has 0 unspecified atom stereocenters. The second kappa shape index (κ2) is 6.93. The van der Waals surface area contributed by atoms with E-state index in [4.69, 9.17) is 0 Å². The number of carbonyl (C=O) groups excluding carboxylic acids is 1. The van der Waals surface area contributed by atoms with Gasteiger partial charge in [-0.15, -0.1) is 0 Å². The Bertz CT molecular complexity index is 122. The first-order chi connectivity index (χ1) is 6.09. The van der Waals surface area contributed by atoms with Gasteiger partial charge in [0.05, 0.1) is 6.61 Å². The first-order valence-corrected chi connectivity index (χ1v) is 5.14. The number of rotatable bonds is 7. The Kier molecular flexibility index (Phi) is 6.65. The molecule has 78 valence electrons. The summed E-state index contributed by atoms with van der Waals surface area (Å²) in [5.41, 5.74) is 0. The van der Waals surface area contributed by atoms with Crippen molar-refractivity contribution in [2.75, 3.05) is 6.61 Å². The van der Waals surface area contributed by atoms with Crippen molar-refractivity contribution in [2.45, 2.75) is 40.5 Å². The van der Waals surface area contributed by atoms with Crippen LogP contribution >= 0.6 is 0 Å². The van der Waals surface area contributed by atoms with Crippen molar-refractivity contribution in [3.8, 4) is 0 Å². The fourth-order valence-corrected chi connectivity index (χ4v) is 1.89. The molecule has 0 aliphatic carbocycles. The van der Waals surface area contributed by atoms with Crippen molar-refractivity contribution in [1.29, 1.82) is 0 Å². The summed E-state index contributed by atoms with van der Waals surface area (Å²) in [6.07, 6.45) is 2.14. The van der Waals surface area contributed by atoms with E-state index < -0.39 is 0 Å². The normalized spacial score (nSPS) is 11.3. The van der Waals surface area contributed by atoms with Crippen LogP contribution in [0, 0.1) is 17.8 Å². The van der Waals surface area contributed by atoms with Crippen LogP contribution in [-0.2, 0) is 9.53 Å². The van der Waals surface area contributed by atoms with Gasteiger partial charge in [0.25, 0.3) is 6.47 Å². The van der Waals surface area contributed by atoms with Crippen molar-refractivity contribution in [1.82, 2.24) is 0 Å². The Balaban J connectivity index is 3.63. The van der Waals surface area contributed by atoms with Gasteiger partial charge in [0.1, 0.15) is 0 Å². The van der Waals surface area contributed by atoms with Gasteiger partial charge >= 0.3 is 0 Å². The predicted octanol–water partition coefficient (Wildman–Crippen LogP) is 2.87. The Labute approximate surface area is 81.7 Å². The van der Waals surface area contributed by atoms with Gasteiger partial charge in [0.15, 0.2) is 0 Å². The van der Waals surface area contributed by atoms with E-state index in [1.807, 2.05) is 0 Å². The highest BCUT2D eigenvalue weighted by molar-refractivity contribution is 5.36. The maximum atomic E-state index is 9.90. The molecule has 0 radical (unpaired) electrons. The van der Waals surface area contributed by atoms with E-state index in [1.54, 1.807) is 0 Å². The molecule has 0 fully saturated rings. The molecule has 0 rings (SSSR count). The molecule has 0 heterocycles. The minimum absolute atomic E-state index is 0.528. The van der Waals surface area contributed by atoms with Crippen molar-refractivity contribution in [3.63, 3.8) is 0 Å². The largest absolute Gasteiger partial charge is 0.468 e. The molecule has 0 spiro atoms.